The molecule has 166 valence electrons. The molecule has 0 aromatic carbocycles. The molecule has 2 rings (SSSR count). The van der Waals surface area contributed by atoms with E-state index >= 15 is 0 Å². The van der Waals surface area contributed by atoms with Gasteiger partial charge in [0.25, 0.3) is 15.7 Å². The molecular formula is C17H30N2O8SSi. The summed E-state index contributed by atoms with van der Waals surface area (Å²) in [5.74, 6) is 0. The van der Waals surface area contributed by atoms with Gasteiger partial charge >= 0.3 is 5.69 Å². The third-order valence-corrected chi connectivity index (χ3v) is 10.5. The highest BCUT2D eigenvalue weighted by molar-refractivity contribution is 7.86. The van der Waals surface area contributed by atoms with E-state index in [1.54, 1.807) is 0 Å². The first-order chi connectivity index (χ1) is 13.2. The molecule has 0 amide bonds. The molecule has 0 bridgehead atoms. The predicted octanol–water partition coefficient (Wildman–Crippen LogP) is 0.816. The van der Waals surface area contributed by atoms with Gasteiger partial charge in [-0.3, -0.25) is 18.5 Å². The highest BCUT2D eigenvalue weighted by Gasteiger charge is 2.50. The van der Waals surface area contributed by atoms with Crippen molar-refractivity contribution in [3.63, 3.8) is 0 Å². The van der Waals surface area contributed by atoms with Crippen molar-refractivity contribution < 1.29 is 26.5 Å². The van der Waals surface area contributed by atoms with Gasteiger partial charge in [0, 0.05) is 19.4 Å². The summed E-state index contributed by atoms with van der Waals surface area (Å²) in [6, 6.07) is 1.17. The van der Waals surface area contributed by atoms with Gasteiger partial charge in [-0.1, -0.05) is 20.8 Å². The molecule has 1 aromatic heterocycles. The van der Waals surface area contributed by atoms with E-state index in [0.29, 0.717) is 0 Å². The molecule has 1 saturated heterocycles. The molecule has 0 radical (unpaired) electrons. The molecule has 1 unspecified atom stereocenters. The second kappa shape index (κ2) is 8.44. The number of hydrogen-bond donors (Lipinski definition) is 1. The highest BCUT2D eigenvalue weighted by atomic mass is 32.2. The van der Waals surface area contributed by atoms with Crippen LogP contribution in [-0.2, 0) is 28.2 Å². The van der Waals surface area contributed by atoms with Gasteiger partial charge in [-0.15, -0.1) is 0 Å². The lowest BCUT2D eigenvalue weighted by Gasteiger charge is -2.37. The van der Waals surface area contributed by atoms with Crippen molar-refractivity contribution >= 4 is 18.4 Å². The molecule has 4 atom stereocenters. The van der Waals surface area contributed by atoms with Gasteiger partial charge in [-0.2, -0.15) is 8.42 Å². The molecule has 0 saturated carbocycles. The van der Waals surface area contributed by atoms with Crippen molar-refractivity contribution in [1.29, 1.82) is 0 Å². The Morgan fingerprint density at radius 1 is 1.24 bits per heavy atom. The number of H-pyrrole nitrogens is 1. The lowest BCUT2D eigenvalue weighted by molar-refractivity contribution is -0.0613. The van der Waals surface area contributed by atoms with Gasteiger partial charge in [-0.05, 0) is 18.1 Å². The first-order valence-corrected chi connectivity index (χ1v) is 13.9. The highest BCUT2D eigenvalue weighted by Crippen LogP contribution is 2.38. The fourth-order valence-corrected chi connectivity index (χ4v) is 4.42. The standard InChI is InChI=1S/C17H30N2O8SSi/c1-17(2,3)29(6,7)25-10-11-13(27-28(5,22)23)14(24-4)15(26-11)19-9-8-12(20)18-16(19)21/h8-9,11,13-15H,10H2,1-7H3,(H,18,20,21)/t11-,13?,14+,15-/m1/s1. The van der Waals surface area contributed by atoms with Crippen LogP contribution in [0.25, 0.3) is 0 Å². The number of aromatic nitrogens is 2. The van der Waals surface area contributed by atoms with Gasteiger partial charge < -0.3 is 13.9 Å². The molecule has 1 aliphatic rings. The third kappa shape index (κ3) is 5.64. The van der Waals surface area contributed by atoms with Crippen molar-refractivity contribution in [2.45, 2.75) is 63.4 Å². The Labute approximate surface area is 171 Å². The zero-order chi connectivity index (χ0) is 22.2. The molecule has 1 fully saturated rings. The minimum Gasteiger partial charge on any atom is -0.414 e. The van der Waals surface area contributed by atoms with E-state index in [0.717, 1.165) is 10.8 Å². The van der Waals surface area contributed by atoms with Crippen LogP contribution < -0.4 is 11.2 Å². The first kappa shape index (κ1) is 24.0. The summed E-state index contributed by atoms with van der Waals surface area (Å²) in [5, 5.41) is -0.0608. The monoisotopic (exact) mass is 450 g/mol. The fraction of sp³-hybridized carbons (Fsp3) is 0.765. The van der Waals surface area contributed by atoms with Crippen LogP contribution in [-0.4, -0.2) is 64.6 Å². The summed E-state index contributed by atoms with van der Waals surface area (Å²) in [5.41, 5.74) is -1.26. The minimum absolute atomic E-state index is 0.0608. The summed E-state index contributed by atoms with van der Waals surface area (Å²) < 4.78 is 47.6. The topological polar surface area (TPSA) is 126 Å². The summed E-state index contributed by atoms with van der Waals surface area (Å²) >= 11 is 0. The first-order valence-electron chi connectivity index (χ1n) is 9.18. The Bertz CT molecular complexity index is 934. The number of aromatic amines is 1. The van der Waals surface area contributed by atoms with Crippen LogP contribution in [0.3, 0.4) is 0 Å². The molecule has 12 heteroatoms. The average Bonchev–Trinajstić information content (AvgIpc) is 2.87. The SMILES string of the molecule is CO[C@H]1C(OS(C)(=O)=O)[C@@H](CO[Si](C)(C)C(C)(C)C)O[C@H]1n1ccc(=O)[nH]c1=O. The molecule has 2 heterocycles. The van der Waals surface area contributed by atoms with E-state index in [9.17, 15) is 18.0 Å². The summed E-state index contributed by atoms with van der Waals surface area (Å²) in [4.78, 5) is 25.7. The number of methoxy groups -OCH3 is 1. The second-order valence-electron chi connectivity index (χ2n) is 8.62. The van der Waals surface area contributed by atoms with E-state index in [4.69, 9.17) is 18.1 Å². The van der Waals surface area contributed by atoms with Crippen LogP contribution in [0, 0.1) is 0 Å². The fourth-order valence-electron chi connectivity index (χ4n) is 2.77. The Morgan fingerprint density at radius 3 is 2.34 bits per heavy atom. The summed E-state index contributed by atoms with van der Waals surface area (Å²) in [7, 11) is -4.62. The van der Waals surface area contributed by atoms with Gasteiger partial charge in [0.15, 0.2) is 14.5 Å². The van der Waals surface area contributed by atoms with Crippen molar-refractivity contribution in [2.75, 3.05) is 20.0 Å². The van der Waals surface area contributed by atoms with Gasteiger partial charge in [0.2, 0.25) is 0 Å². The lowest BCUT2D eigenvalue weighted by atomic mass is 10.1. The van der Waals surface area contributed by atoms with Crippen molar-refractivity contribution in [2.24, 2.45) is 0 Å². The van der Waals surface area contributed by atoms with Crippen molar-refractivity contribution in [1.82, 2.24) is 9.55 Å². The van der Waals surface area contributed by atoms with E-state index in [-0.39, 0.29) is 11.6 Å². The number of ether oxygens (including phenoxy) is 2. The molecular weight excluding hydrogens is 420 g/mol. The predicted molar refractivity (Wildman–Crippen MR) is 109 cm³/mol. The second-order valence-corrected chi connectivity index (χ2v) is 15.0. The van der Waals surface area contributed by atoms with Gasteiger partial charge in [-0.25, -0.2) is 4.79 Å². The number of hydrogen-bond acceptors (Lipinski definition) is 8. The number of rotatable bonds is 7. The van der Waals surface area contributed by atoms with Gasteiger partial charge in [0.05, 0.1) is 12.9 Å². The maximum absolute atomic E-state index is 12.2. The number of nitrogens with one attached hydrogen (secondary N) is 1. The van der Waals surface area contributed by atoms with E-state index in [1.165, 1.54) is 19.4 Å². The molecule has 10 nitrogen and oxygen atoms in total. The molecule has 1 aliphatic heterocycles. The van der Waals surface area contributed by atoms with Crippen molar-refractivity contribution in [3.8, 4) is 0 Å². The van der Waals surface area contributed by atoms with Crippen LogP contribution in [0.15, 0.2) is 21.9 Å². The Balaban J connectivity index is 2.37. The Kier molecular flexibility index (Phi) is 6.97. The lowest BCUT2D eigenvalue weighted by Crippen LogP contribution is -2.45. The van der Waals surface area contributed by atoms with Gasteiger partial charge in [0.1, 0.15) is 18.3 Å². The molecule has 1 aromatic rings. The summed E-state index contributed by atoms with van der Waals surface area (Å²) in [6.07, 6.45) is -1.53. The quantitative estimate of drug-likeness (QED) is 0.478. The summed E-state index contributed by atoms with van der Waals surface area (Å²) in [6.45, 7) is 10.4. The minimum atomic E-state index is -3.84. The molecule has 1 N–H and O–H groups in total. The van der Waals surface area contributed by atoms with Crippen LogP contribution >= 0.6 is 0 Å². The van der Waals surface area contributed by atoms with Crippen molar-refractivity contribution in [3.05, 3.63) is 33.1 Å². The maximum atomic E-state index is 12.2. The zero-order valence-corrected chi connectivity index (χ0v) is 19.6. The Hall–Kier alpha value is -1.31. The van der Waals surface area contributed by atoms with Crippen LogP contribution in [0.2, 0.25) is 18.1 Å². The normalized spacial score (nSPS) is 26.0. The molecule has 0 spiro atoms. The molecule has 29 heavy (non-hydrogen) atoms. The Morgan fingerprint density at radius 2 is 1.86 bits per heavy atom. The molecule has 0 aliphatic carbocycles. The van der Waals surface area contributed by atoms with E-state index in [2.05, 4.69) is 38.8 Å². The van der Waals surface area contributed by atoms with Crippen LogP contribution in [0.1, 0.15) is 27.0 Å². The van der Waals surface area contributed by atoms with Crippen LogP contribution in [0.5, 0.6) is 0 Å². The largest absolute Gasteiger partial charge is 0.414 e. The van der Waals surface area contributed by atoms with Crippen LogP contribution in [0.4, 0.5) is 0 Å². The van der Waals surface area contributed by atoms with E-state index in [1.807, 2.05) is 0 Å². The average molecular weight is 451 g/mol. The van der Waals surface area contributed by atoms with E-state index < -0.39 is 54.2 Å². The number of nitrogens with zero attached hydrogens (tertiary/aromatic N) is 1. The zero-order valence-electron chi connectivity index (χ0n) is 17.8. The maximum Gasteiger partial charge on any atom is 0.330 e. The third-order valence-electron chi connectivity index (χ3n) is 5.38. The smallest absolute Gasteiger partial charge is 0.330 e.